The van der Waals surface area contributed by atoms with Gasteiger partial charge >= 0.3 is 109 Å². The minimum atomic E-state index is -2.61. The van der Waals surface area contributed by atoms with Crippen molar-refractivity contribution < 1.29 is 28.3 Å². The van der Waals surface area contributed by atoms with Crippen molar-refractivity contribution in [3.05, 3.63) is 0 Å². The van der Waals surface area contributed by atoms with Crippen LogP contribution in [-0.4, -0.2) is 132 Å². The average Bonchev–Trinajstić information content (AvgIpc) is 1.25. The maximum absolute atomic E-state index is 8.67. The molecule has 0 aromatic rings. The van der Waals surface area contributed by atoms with Crippen LogP contribution in [0.3, 0.4) is 0 Å². The molecule has 0 aromatic heterocycles. The van der Waals surface area contributed by atoms with Crippen LogP contribution in [0.5, 0.6) is 0 Å². The normalized spacial score (nSPS) is 5.90. The fourth-order valence-electron chi connectivity index (χ4n) is 0. The van der Waals surface area contributed by atoms with Crippen molar-refractivity contribution in [3.63, 3.8) is 0 Å². The van der Waals surface area contributed by atoms with E-state index in [-0.39, 0.29) is 103 Å². The summed E-state index contributed by atoms with van der Waals surface area (Å²) in [6.45, 7) is 0. The van der Waals surface area contributed by atoms with Gasteiger partial charge in [-0.2, -0.15) is 4.21 Å². The molecule has 0 heterocycles. The zero-order chi connectivity index (χ0) is 7.15. The number of rotatable bonds is 0. The van der Waals surface area contributed by atoms with Crippen LogP contribution in [0.4, 0.5) is 4.79 Å². The molecule has 0 bridgehead atoms. The fourth-order valence-corrected chi connectivity index (χ4v) is 0. The van der Waals surface area contributed by atoms with Crippen molar-refractivity contribution in [2.24, 2.45) is 0 Å². The zero-order valence-corrected chi connectivity index (χ0v) is 4.33. The molecule has 54 valence electrons. The first kappa shape index (κ1) is 22.9. The number of carboxylic acid groups (broad SMARTS) is 2. The number of hydrogen-bond donors (Lipinski definition) is 4. The molecule has 6 nitrogen and oxygen atoms in total. The Bertz CT molecular complexity index is 73.7. The van der Waals surface area contributed by atoms with Crippen LogP contribution in [0, 0.1) is 0 Å². The van der Waals surface area contributed by atoms with E-state index in [4.69, 9.17) is 28.3 Å². The van der Waals surface area contributed by atoms with Gasteiger partial charge in [0.05, 0.1) is 0 Å². The molecule has 0 radical (unpaired) electrons. The van der Waals surface area contributed by atoms with E-state index in [1.54, 1.807) is 0 Å². The molecule has 0 aromatic carbocycles. The van der Waals surface area contributed by atoms with E-state index in [1.807, 2.05) is 0 Å². The molecule has 0 saturated carbocycles. The molecule has 0 aliphatic carbocycles. The first-order chi connectivity index (χ1) is 3.46. The molecular weight excluding hydrogens is 218 g/mol. The Morgan fingerprint density at radius 3 is 1.10 bits per heavy atom. The van der Waals surface area contributed by atoms with Crippen LogP contribution in [-0.2, 0) is 11.4 Å². The minimum absolute atomic E-state index is 0. The van der Waals surface area contributed by atoms with E-state index in [2.05, 4.69) is 0 Å². The Balaban J connectivity index is -0.0000000300. The average molecular weight is 224 g/mol. The summed E-state index contributed by atoms with van der Waals surface area (Å²) >= 11 is -2.61. The van der Waals surface area contributed by atoms with Crippen LogP contribution < -0.4 is 0 Å². The molecule has 0 amide bonds. The predicted molar refractivity (Wildman–Crippen MR) is 38.4 cm³/mol. The van der Waals surface area contributed by atoms with E-state index in [0.717, 1.165) is 0 Å². The van der Waals surface area contributed by atoms with Gasteiger partial charge in [-0.3, -0.25) is 9.11 Å². The summed E-state index contributed by atoms with van der Waals surface area (Å²) in [6.07, 6.45) is -1.83. The molecular formula is CH6K2O6S. The second kappa shape index (κ2) is 17.6. The van der Waals surface area contributed by atoms with Crippen LogP contribution in [0.25, 0.3) is 0 Å². The van der Waals surface area contributed by atoms with Crippen molar-refractivity contribution in [1.82, 2.24) is 0 Å². The monoisotopic (exact) mass is 224 g/mol. The van der Waals surface area contributed by atoms with Gasteiger partial charge in [-0.25, -0.2) is 4.79 Å². The molecule has 0 unspecified atom stereocenters. The van der Waals surface area contributed by atoms with E-state index in [0.29, 0.717) is 0 Å². The van der Waals surface area contributed by atoms with Gasteiger partial charge in [-0.1, -0.05) is 0 Å². The zero-order valence-electron chi connectivity index (χ0n) is 3.51. The molecule has 0 aliphatic rings. The topological polar surface area (TPSA) is 115 Å². The summed E-state index contributed by atoms with van der Waals surface area (Å²) in [6, 6.07) is 0. The van der Waals surface area contributed by atoms with Gasteiger partial charge in [0.1, 0.15) is 0 Å². The van der Waals surface area contributed by atoms with Gasteiger partial charge < -0.3 is 10.2 Å². The summed E-state index contributed by atoms with van der Waals surface area (Å²) in [4.78, 5) is 8.56. The summed E-state index contributed by atoms with van der Waals surface area (Å²) in [7, 11) is 0. The Hall–Kier alpha value is 2.61. The van der Waals surface area contributed by atoms with Crippen molar-refractivity contribution in [3.8, 4) is 0 Å². The van der Waals surface area contributed by atoms with E-state index < -0.39 is 17.5 Å². The second-order valence-electron chi connectivity index (χ2n) is 0.513. The van der Waals surface area contributed by atoms with Crippen LogP contribution >= 0.6 is 0 Å². The van der Waals surface area contributed by atoms with Gasteiger partial charge in [0.2, 0.25) is 0 Å². The van der Waals surface area contributed by atoms with Crippen LogP contribution in [0.2, 0.25) is 0 Å². The van der Waals surface area contributed by atoms with Gasteiger partial charge in [-0.05, 0) is 0 Å². The third-order valence-corrected chi connectivity index (χ3v) is 0. The third kappa shape index (κ3) is 144. The molecule has 0 spiro atoms. The second-order valence-corrected chi connectivity index (χ2v) is 0.975. The summed E-state index contributed by atoms with van der Waals surface area (Å²) < 4.78 is 22.8. The predicted octanol–water partition coefficient (Wildman–Crippen LogP) is -1.39. The first-order valence-electron chi connectivity index (χ1n) is 1.18. The molecule has 0 atom stereocenters. The maximum atomic E-state index is 8.67. The first-order valence-corrected chi connectivity index (χ1v) is 2.25. The molecule has 0 fully saturated rings. The number of carbonyl (C=O) groups is 1. The Morgan fingerprint density at radius 1 is 1.10 bits per heavy atom. The van der Waals surface area contributed by atoms with Gasteiger partial charge in [-0.15, -0.1) is 0 Å². The van der Waals surface area contributed by atoms with Crippen LogP contribution in [0.15, 0.2) is 0 Å². The van der Waals surface area contributed by atoms with Crippen molar-refractivity contribution in [2.75, 3.05) is 0 Å². The fraction of sp³-hybridized carbons (Fsp3) is 0. The molecule has 9 heteroatoms. The SMILES string of the molecule is O=C(O)O.O=S(O)O.[KH].[KH]. The summed E-state index contributed by atoms with van der Waals surface area (Å²) in [5.41, 5.74) is 0. The third-order valence-electron chi connectivity index (χ3n) is 0. The Labute approximate surface area is 145 Å². The van der Waals surface area contributed by atoms with Gasteiger partial charge in [0, 0.05) is 0 Å². The van der Waals surface area contributed by atoms with E-state index >= 15 is 0 Å². The summed E-state index contributed by atoms with van der Waals surface area (Å²) in [5, 5.41) is 13.9. The molecule has 10 heavy (non-hydrogen) atoms. The molecule has 4 N–H and O–H groups in total. The molecule has 0 aliphatic heterocycles. The van der Waals surface area contributed by atoms with E-state index in [9.17, 15) is 0 Å². The number of hydrogen-bond acceptors (Lipinski definition) is 2. The van der Waals surface area contributed by atoms with Crippen molar-refractivity contribution in [1.29, 1.82) is 0 Å². The van der Waals surface area contributed by atoms with Crippen molar-refractivity contribution in [2.45, 2.75) is 0 Å². The Kier molecular flexibility index (Phi) is 40.4. The molecule has 0 saturated heterocycles. The standard InChI is InChI=1S/CH2O3.2K.H2O3S.2H/c2-1(3)4;;;1-4(2)3;;/h(H2,2,3,4);;;(H2,1,2,3);;. The quantitative estimate of drug-likeness (QED) is 0.297. The van der Waals surface area contributed by atoms with Gasteiger partial charge in [0.15, 0.2) is 0 Å². The van der Waals surface area contributed by atoms with E-state index in [1.165, 1.54) is 0 Å². The van der Waals surface area contributed by atoms with Crippen molar-refractivity contribution >= 4 is 120 Å². The Morgan fingerprint density at radius 2 is 1.10 bits per heavy atom. The van der Waals surface area contributed by atoms with Crippen LogP contribution in [0.1, 0.15) is 0 Å². The molecule has 0 rings (SSSR count). The summed E-state index contributed by atoms with van der Waals surface area (Å²) in [5.74, 6) is 0. The van der Waals surface area contributed by atoms with Gasteiger partial charge in [0.25, 0.3) is 11.4 Å².